The van der Waals surface area contributed by atoms with Crippen LogP contribution in [0.1, 0.15) is 62.5 Å². The van der Waals surface area contributed by atoms with E-state index in [2.05, 4.69) is 54.0 Å². The second kappa shape index (κ2) is 5.35. The van der Waals surface area contributed by atoms with Gasteiger partial charge in [0.15, 0.2) is 0 Å². The van der Waals surface area contributed by atoms with Crippen LogP contribution in [0, 0.1) is 0 Å². The highest BCUT2D eigenvalue weighted by atomic mass is 79.9. The number of benzene rings is 1. The van der Waals surface area contributed by atoms with Gasteiger partial charge in [-0.05, 0) is 35.8 Å². The first-order valence-corrected chi connectivity index (χ1v) is 7.34. The third-order valence-corrected chi connectivity index (χ3v) is 4.81. The van der Waals surface area contributed by atoms with Crippen molar-refractivity contribution in [2.24, 2.45) is 0 Å². The maximum absolute atomic E-state index is 3.84. The fourth-order valence-corrected chi connectivity index (χ4v) is 3.48. The molecule has 2 atom stereocenters. The minimum absolute atomic E-state index is 0.639. The summed E-state index contributed by atoms with van der Waals surface area (Å²) in [6.07, 6.45) is 5.45. The van der Waals surface area contributed by atoms with E-state index in [-0.39, 0.29) is 0 Å². The zero-order valence-electron chi connectivity index (χ0n) is 10.2. The van der Waals surface area contributed by atoms with Crippen LogP contribution in [-0.4, -0.2) is 4.83 Å². The Hall–Kier alpha value is -0.300. The van der Waals surface area contributed by atoms with Crippen LogP contribution in [0.15, 0.2) is 24.3 Å². The Kier molecular flexibility index (Phi) is 4.07. The Morgan fingerprint density at radius 2 is 1.69 bits per heavy atom. The molecule has 0 heterocycles. The third-order valence-electron chi connectivity index (χ3n) is 3.71. The van der Waals surface area contributed by atoms with Gasteiger partial charge in [0, 0.05) is 4.83 Å². The van der Waals surface area contributed by atoms with Crippen LogP contribution in [0.4, 0.5) is 0 Å². The number of hydrogen-bond acceptors (Lipinski definition) is 0. The maximum atomic E-state index is 3.84. The van der Waals surface area contributed by atoms with E-state index < -0.39 is 0 Å². The van der Waals surface area contributed by atoms with E-state index in [1.165, 1.54) is 36.8 Å². The van der Waals surface area contributed by atoms with Gasteiger partial charge < -0.3 is 0 Å². The van der Waals surface area contributed by atoms with Crippen molar-refractivity contribution in [3.8, 4) is 0 Å². The highest BCUT2D eigenvalue weighted by molar-refractivity contribution is 9.09. The molecule has 1 fully saturated rings. The lowest BCUT2D eigenvalue weighted by atomic mass is 9.83. The monoisotopic (exact) mass is 280 g/mol. The molecule has 0 amide bonds. The first kappa shape index (κ1) is 12.2. The number of rotatable bonds is 2. The van der Waals surface area contributed by atoms with Crippen LogP contribution in [0.5, 0.6) is 0 Å². The smallest absolute Gasteiger partial charge is 0.0214 e. The van der Waals surface area contributed by atoms with Crippen molar-refractivity contribution in [3.05, 3.63) is 35.4 Å². The zero-order chi connectivity index (χ0) is 11.5. The highest BCUT2D eigenvalue weighted by Crippen LogP contribution is 2.37. The summed E-state index contributed by atoms with van der Waals surface area (Å²) in [4.78, 5) is 0.686. The zero-order valence-corrected chi connectivity index (χ0v) is 11.8. The van der Waals surface area contributed by atoms with Crippen molar-refractivity contribution in [1.29, 1.82) is 0 Å². The Labute approximate surface area is 108 Å². The molecule has 0 radical (unpaired) electrons. The van der Waals surface area contributed by atoms with Gasteiger partial charge in [-0.2, -0.15) is 0 Å². The molecule has 0 nitrogen and oxygen atoms in total. The average molecular weight is 281 g/mol. The van der Waals surface area contributed by atoms with Gasteiger partial charge in [0.2, 0.25) is 0 Å². The molecule has 1 heteroatoms. The largest absolute Gasteiger partial charge is 0.0884 e. The van der Waals surface area contributed by atoms with Gasteiger partial charge in [0.1, 0.15) is 0 Å². The normalized spacial score (nSPS) is 26.0. The molecular weight excluding hydrogens is 260 g/mol. The van der Waals surface area contributed by atoms with E-state index in [9.17, 15) is 0 Å². The summed E-state index contributed by atoms with van der Waals surface area (Å²) in [6, 6.07) is 9.27. The molecule has 88 valence electrons. The van der Waals surface area contributed by atoms with E-state index in [0.717, 1.165) is 5.92 Å². The lowest BCUT2D eigenvalue weighted by Gasteiger charge is -2.28. The molecule has 0 N–H and O–H groups in total. The predicted octanol–water partition coefficient (Wildman–Crippen LogP) is 5.23. The average Bonchev–Trinajstić information content (AvgIpc) is 2.30. The Balaban J connectivity index is 2.14. The van der Waals surface area contributed by atoms with Crippen LogP contribution in [-0.2, 0) is 0 Å². The number of alkyl halides is 1. The molecule has 1 aliphatic carbocycles. The second-order valence-corrected chi connectivity index (χ2v) is 6.40. The first-order valence-electron chi connectivity index (χ1n) is 6.42. The van der Waals surface area contributed by atoms with Gasteiger partial charge in [0.05, 0.1) is 0 Å². The SMILES string of the molecule is CC(C)c1ccc(C2CCCCC2Br)cc1. The van der Waals surface area contributed by atoms with Gasteiger partial charge in [-0.15, -0.1) is 0 Å². The Morgan fingerprint density at radius 1 is 1.06 bits per heavy atom. The van der Waals surface area contributed by atoms with E-state index in [0.29, 0.717) is 10.7 Å². The van der Waals surface area contributed by atoms with E-state index in [4.69, 9.17) is 0 Å². The van der Waals surface area contributed by atoms with Crippen molar-refractivity contribution in [1.82, 2.24) is 0 Å². The first-order chi connectivity index (χ1) is 7.68. The summed E-state index contributed by atoms with van der Waals surface area (Å²) in [5.74, 6) is 1.37. The minimum Gasteiger partial charge on any atom is -0.0884 e. The topological polar surface area (TPSA) is 0 Å². The molecule has 0 spiro atoms. The fourth-order valence-electron chi connectivity index (χ4n) is 2.59. The summed E-state index contributed by atoms with van der Waals surface area (Å²) < 4.78 is 0. The molecule has 2 unspecified atom stereocenters. The van der Waals surface area contributed by atoms with Crippen LogP contribution in [0.2, 0.25) is 0 Å². The van der Waals surface area contributed by atoms with Gasteiger partial charge in [0.25, 0.3) is 0 Å². The Morgan fingerprint density at radius 3 is 2.25 bits per heavy atom. The van der Waals surface area contributed by atoms with Gasteiger partial charge in [-0.3, -0.25) is 0 Å². The maximum Gasteiger partial charge on any atom is 0.0214 e. The summed E-state index contributed by atoms with van der Waals surface area (Å²) in [5.41, 5.74) is 2.97. The standard InChI is InChI=1S/C15H21Br/c1-11(2)12-7-9-13(10-8-12)14-5-3-4-6-15(14)16/h7-11,14-15H,3-6H2,1-2H3. The van der Waals surface area contributed by atoms with Crippen molar-refractivity contribution in [3.63, 3.8) is 0 Å². The second-order valence-electron chi connectivity index (χ2n) is 5.23. The van der Waals surface area contributed by atoms with E-state index in [1.807, 2.05) is 0 Å². The molecule has 0 bridgehead atoms. The quantitative estimate of drug-likeness (QED) is 0.651. The van der Waals surface area contributed by atoms with Gasteiger partial charge in [-0.1, -0.05) is 66.9 Å². The number of halogens is 1. The van der Waals surface area contributed by atoms with Crippen LogP contribution in [0.3, 0.4) is 0 Å². The highest BCUT2D eigenvalue weighted by Gasteiger charge is 2.23. The molecule has 0 aromatic heterocycles. The summed E-state index contributed by atoms with van der Waals surface area (Å²) >= 11 is 3.84. The molecule has 2 rings (SSSR count). The van der Waals surface area contributed by atoms with Crippen molar-refractivity contribution in [2.75, 3.05) is 0 Å². The molecule has 1 aliphatic rings. The summed E-state index contributed by atoms with van der Waals surface area (Å²) in [6.45, 7) is 4.51. The molecule has 1 aromatic carbocycles. The fraction of sp³-hybridized carbons (Fsp3) is 0.600. The summed E-state index contributed by atoms with van der Waals surface area (Å²) in [7, 11) is 0. The van der Waals surface area contributed by atoms with E-state index >= 15 is 0 Å². The number of hydrogen-bond donors (Lipinski definition) is 0. The Bertz CT molecular complexity index is 326. The molecule has 0 aliphatic heterocycles. The van der Waals surface area contributed by atoms with Crippen molar-refractivity contribution < 1.29 is 0 Å². The molecular formula is C15H21Br. The van der Waals surface area contributed by atoms with Gasteiger partial charge >= 0.3 is 0 Å². The molecule has 0 saturated heterocycles. The van der Waals surface area contributed by atoms with Crippen molar-refractivity contribution >= 4 is 15.9 Å². The molecule has 16 heavy (non-hydrogen) atoms. The van der Waals surface area contributed by atoms with Gasteiger partial charge in [-0.25, -0.2) is 0 Å². The van der Waals surface area contributed by atoms with Crippen LogP contribution >= 0.6 is 15.9 Å². The molecule has 1 aromatic rings. The predicted molar refractivity (Wildman–Crippen MR) is 74.5 cm³/mol. The van der Waals surface area contributed by atoms with E-state index in [1.54, 1.807) is 0 Å². The minimum atomic E-state index is 0.639. The summed E-state index contributed by atoms with van der Waals surface area (Å²) in [5, 5.41) is 0. The van der Waals surface area contributed by atoms with Crippen molar-refractivity contribution in [2.45, 2.75) is 56.2 Å². The van der Waals surface area contributed by atoms with Crippen LogP contribution in [0.25, 0.3) is 0 Å². The molecule has 1 saturated carbocycles. The lowest BCUT2D eigenvalue weighted by Crippen LogP contribution is -2.17. The lowest BCUT2D eigenvalue weighted by molar-refractivity contribution is 0.461. The third kappa shape index (κ3) is 2.68. The van der Waals surface area contributed by atoms with Crippen LogP contribution < -0.4 is 0 Å².